The van der Waals surface area contributed by atoms with E-state index in [1.807, 2.05) is 12.3 Å². The first-order chi connectivity index (χ1) is 6.79. The fourth-order valence-corrected chi connectivity index (χ4v) is 1.90. The van der Waals surface area contributed by atoms with E-state index in [1.54, 1.807) is 11.1 Å². The quantitative estimate of drug-likeness (QED) is 0.754. The van der Waals surface area contributed by atoms with Crippen LogP contribution in [0.4, 0.5) is 0 Å². The molecule has 1 saturated heterocycles. The molecule has 0 N–H and O–H groups in total. The van der Waals surface area contributed by atoms with E-state index in [4.69, 9.17) is 4.74 Å². The van der Waals surface area contributed by atoms with E-state index in [2.05, 4.69) is 4.98 Å². The zero-order chi connectivity index (χ0) is 9.97. The van der Waals surface area contributed by atoms with Crippen LogP contribution in [-0.2, 0) is 4.79 Å². The lowest BCUT2D eigenvalue weighted by atomic mass is 10.1. The van der Waals surface area contributed by atoms with Crippen molar-refractivity contribution in [3.05, 3.63) is 11.6 Å². The van der Waals surface area contributed by atoms with Crippen LogP contribution in [0.1, 0.15) is 13.3 Å². The Kier molecular flexibility index (Phi) is 2.67. The van der Waals surface area contributed by atoms with E-state index >= 15 is 0 Å². The molecule has 0 saturated carbocycles. The van der Waals surface area contributed by atoms with Crippen LogP contribution in [0.5, 0.6) is 5.19 Å². The lowest BCUT2D eigenvalue weighted by Crippen LogP contribution is -2.56. The van der Waals surface area contributed by atoms with E-state index in [0.717, 1.165) is 0 Å². The van der Waals surface area contributed by atoms with Crippen LogP contribution in [0.25, 0.3) is 0 Å². The largest absolute Gasteiger partial charge is 0.463 e. The number of nitrogens with zero attached hydrogens (tertiary/aromatic N) is 2. The molecule has 2 rings (SSSR count). The van der Waals surface area contributed by atoms with Crippen LogP contribution in [-0.4, -0.2) is 35.0 Å². The molecule has 0 radical (unpaired) electrons. The van der Waals surface area contributed by atoms with Crippen LogP contribution >= 0.6 is 11.3 Å². The molecule has 0 aromatic carbocycles. The Morgan fingerprint density at radius 2 is 2.57 bits per heavy atom. The fraction of sp³-hybridized carbons (Fsp3) is 0.556. The lowest BCUT2D eigenvalue weighted by Gasteiger charge is -2.38. The normalized spacial score (nSPS) is 16.5. The molecule has 1 aromatic heterocycles. The average molecular weight is 212 g/mol. The van der Waals surface area contributed by atoms with Crippen LogP contribution < -0.4 is 4.74 Å². The number of likely N-dealkylation sites (tertiary alicyclic amines) is 1. The molecule has 1 aromatic rings. The highest BCUT2D eigenvalue weighted by atomic mass is 32.1. The molecule has 0 bridgehead atoms. The van der Waals surface area contributed by atoms with Crippen molar-refractivity contribution in [2.75, 3.05) is 13.1 Å². The van der Waals surface area contributed by atoms with E-state index in [-0.39, 0.29) is 12.0 Å². The summed E-state index contributed by atoms with van der Waals surface area (Å²) in [5, 5.41) is 2.57. The van der Waals surface area contributed by atoms with Crippen LogP contribution in [0, 0.1) is 0 Å². The number of carbonyl (C=O) groups is 1. The summed E-state index contributed by atoms with van der Waals surface area (Å²) in [5.41, 5.74) is 0. The van der Waals surface area contributed by atoms with Gasteiger partial charge in [0.05, 0.1) is 13.1 Å². The van der Waals surface area contributed by atoms with Crippen molar-refractivity contribution in [3.63, 3.8) is 0 Å². The summed E-state index contributed by atoms with van der Waals surface area (Å²) in [4.78, 5) is 17.0. The van der Waals surface area contributed by atoms with E-state index in [1.165, 1.54) is 11.3 Å². The van der Waals surface area contributed by atoms with Gasteiger partial charge in [-0.25, -0.2) is 4.98 Å². The van der Waals surface area contributed by atoms with Crippen molar-refractivity contribution in [1.82, 2.24) is 9.88 Å². The second-order valence-corrected chi connectivity index (χ2v) is 4.05. The highest BCUT2D eigenvalue weighted by Crippen LogP contribution is 2.20. The molecule has 1 fully saturated rings. The molecule has 0 spiro atoms. The van der Waals surface area contributed by atoms with Crippen molar-refractivity contribution >= 4 is 17.2 Å². The zero-order valence-electron chi connectivity index (χ0n) is 7.97. The van der Waals surface area contributed by atoms with Crippen molar-refractivity contribution in [1.29, 1.82) is 0 Å². The summed E-state index contributed by atoms with van der Waals surface area (Å²) in [6.07, 6.45) is 2.43. The number of aromatic nitrogens is 1. The van der Waals surface area contributed by atoms with Crippen molar-refractivity contribution in [2.45, 2.75) is 19.4 Å². The maximum absolute atomic E-state index is 11.2. The average Bonchev–Trinajstić information content (AvgIpc) is 2.61. The Morgan fingerprint density at radius 3 is 3.14 bits per heavy atom. The van der Waals surface area contributed by atoms with E-state index < -0.39 is 0 Å². The Balaban J connectivity index is 1.76. The van der Waals surface area contributed by atoms with E-state index in [0.29, 0.717) is 24.7 Å². The minimum Gasteiger partial charge on any atom is -0.463 e. The molecule has 1 aliphatic heterocycles. The fourth-order valence-electron chi connectivity index (χ4n) is 1.35. The molecule has 0 atom stereocenters. The summed E-state index contributed by atoms with van der Waals surface area (Å²) >= 11 is 1.48. The second kappa shape index (κ2) is 3.96. The summed E-state index contributed by atoms with van der Waals surface area (Å²) in [7, 11) is 0. The first kappa shape index (κ1) is 9.45. The first-order valence-electron chi connectivity index (χ1n) is 4.63. The van der Waals surface area contributed by atoms with Crippen LogP contribution in [0.2, 0.25) is 0 Å². The highest BCUT2D eigenvalue weighted by molar-refractivity contribution is 7.11. The van der Waals surface area contributed by atoms with Gasteiger partial charge in [-0.2, -0.15) is 0 Å². The van der Waals surface area contributed by atoms with Gasteiger partial charge in [-0.05, 0) is 0 Å². The molecule has 2 heterocycles. The third-order valence-electron chi connectivity index (χ3n) is 2.18. The Labute approximate surface area is 86.5 Å². The second-order valence-electron chi connectivity index (χ2n) is 3.19. The van der Waals surface area contributed by atoms with Gasteiger partial charge in [0.15, 0.2) is 0 Å². The summed E-state index contributed by atoms with van der Waals surface area (Å²) in [6.45, 7) is 3.27. The Morgan fingerprint density at radius 1 is 1.79 bits per heavy atom. The molecule has 14 heavy (non-hydrogen) atoms. The monoisotopic (exact) mass is 212 g/mol. The van der Waals surface area contributed by atoms with Gasteiger partial charge < -0.3 is 9.64 Å². The Bertz CT molecular complexity index is 307. The summed E-state index contributed by atoms with van der Waals surface area (Å²) in [6, 6.07) is 0. The van der Waals surface area contributed by atoms with Gasteiger partial charge in [-0.3, -0.25) is 4.79 Å². The maximum Gasteiger partial charge on any atom is 0.273 e. The zero-order valence-corrected chi connectivity index (χ0v) is 8.79. The number of ether oxygens (including phenoxy) is 1. The lowest BCUT2D eigenvalue weighted by molar-refractivity contribution is -0.139. The topological polar surface area (TPSA) is 42.4 Å². The van der Waals surface area contributed by atoms with Gasteiger partial charge in [0.2, 0.25) is 5.91 Å². The summed E-state index contributed by atoms with van der Waals surface area (Å²) in [5.74, 6) is 0.198. The molecule has 5 heteroatoms. The number of hydrogen-bond acceptors (Lipinski definition) is 4. The van der Waals surface area contributed by atoms with Gasteiger partial charge in [-0.15, -0.1) is 0 Å². The molecule has 1 amide bonds. The standard InChI is InChI=1S/C9H12N2O2S/c1-2-8(12)11-5-7(6-11)13-9-10-3-4-14-9/h3-4,7H,2,5-6H2,1H3. The van der Waals surface area contributed by atoms with E-state index in [9.17, 15) is 4.79 Å². The Hall–Kier alpha value is -1.10. The molecule has 76 valence electrons. The van der Waals surface area contributed by atoms with Gasteiger partial charge in [-0.1, -0.05) is 18.3 Å². The third-order valence-corrected chi connectivity index (χ3v) is 2.84. The molecule has 4 nitrogen and oxygen atoms in total. The minimum absolute atomic E-state index is 0.136. The minimum atomic E-state index is 0.136. The number of carbonyl (C=O) groups excluding carboxylic acids is 1. The van der Waals surface area contributed by atoms with Gasteiger partial charge in [0.1, 0.15) is 6.10 Å². The predicted molar refractivity (Wildman–Crippen MR) is 53.4 cm³/mol. The van der Waals surface area contributed by atoms with Gasteiger partial charge in [0.25, 0.3) is 5.19 Å². The smallest absolute Gasteiger partial charge is 0.273 e. The van der Waals surface area contributed by atoms with Crippen molar-refractivity contribution in [2.24, 2.45) is 0 Å². The number of thiazole rings is 1. The van der Waals surface area contributed by atoms with Crippen molar-refractivity contribution in [3.8, 4) is 5.19 Å². The molecule has 0 unspecified atom stereocenters. The molecular formula is C9H12N2O2S. The first-order valence-corrected chi connectivity index (χ1v) is 5.51. The number of amides is 1. The van der Waals surface area contributed by atoms with Gasteiger partial charge in [0, 0.05) is 18.0 Å². The van der Waals surface area contributed by atoms with Crippen LogP contribution in [0.15, 0.2) is 11.6 Å². The molecular weight excluding hydrogens is 200 g/mol. The van der Waals surface area contributed by atoms with Crippen molar-refractivity contribution < 1.29 is 9.53 Å². The number of rotatable bonds is 3. The third kappa shape index (κ3) is 1.87. The van der Waals surface area contributed by atoms with Gasteiger partial charge >= 0.3 is 0 Å². The predicted octanol–water partition coefficient (Wildman–Crippen LogP) is 1.14. The molecule has 0 aliphatic carbocycles. The maximum atomic E-state index is 11.2. The van der Waals surface area contributed by atoms with Crippen LogP contribution in [0.3, 0.4) is 0 Å². The SMILES string of the molecule is CCC(=O)N1CC(Oc2nccs2)C1. The number of hydrogen-bond donors (Lipinski definition) is 0. The molecule has 1 aliphatic rings. The highest BCUT2D eigenvalue weighted by Gasteiger charge is 2.31. The summed E-state index contributed by atoms with van der Waals surface area (Å²) < 4.78 is 5.53.